The maximum Gasteiger partial charge on any atom is 0.190 e. The molecule has 0 aliphatic heterocycles. The van der Waals surface area contributed by atoms with Crippen LogP contribution in [0.5, 0.6) is 0 Å². The molecule has 0 saturated carbocycles. The molecule has 0 atom stereocenters. The van der Waals surface area contributed by atoms with Gasteiger partial charge in [-0.15, -0.1) is 24.0 Å². The fourth-order valence-corrected chi connectivity index (χ4v) is 1.68. The third kappa shape index (κ3) is 12.4. The fraction of sp³-hybridized carbons (Fsp3) is 0.909. The maximum atomic E-state index is 4.17. The Morgan fingerprint density at radius 3 is 2.25 bits per heavy atom. The smallest absolute Gasteiger partial charge is 0.190 e. The largest absolute Gasteiger partial charge is 0.356 e. The zero-order chi connectivity index (χ0) is 11.4. The molecule has 0 heterocycles. The molecule has 0 aromatic heterocycles. The molecule has 0 unspecified atom stereocenters. The molecule has 0 amide bonds. The van der Waals surface area contributed by atoms with Crippen molar-refractivity contribution < 1.29 is 0 Å². The third-order valence-electron chi connectivity index (χ3n) is 2.11. The van der Waals surface area contributed by atoms with E-state index < -0.39 is 0 Å². The number of rotatable bonds is 8. The van der Waals surface area contributed by atoms with Crippen LogP contribution >= 0.6 is 35.7 Å². The van der Waals surface area contributed by atoms with Crippen molar-refractivity contribution in [2.45, 2.75) is 32.6 Å². The van der Waals surface area contributed by atoms with E-state index in [9.17, 15) is 0 Å². The Morgan fingerprint density at radius 1 is 1.12 bits per heavy atom. The van der Waals surface area contributed by atoms with Crippen LogP contribution in [0.15, 0.2) is 4.99 Å². The summed E-state index contributed by atoms with van der Waals surface area (Å²) in [6.07, 6.45) is 7.07. The summed E-state index contributed by atoms with van der Waals surface area (Å²) < 4.78 is 0. The number of nitrogens with one attached hydrogen (secondary N) is 2. The van der Waals surface area contributed by atoms with Crippen LogP contribution in [0, 0.1) is 0 Å². The van der Waals surface area contributed by atoms with E-state index in [2.05, 4.69) is 28.8 Å². The summed E-state index contributed by atoms with van der Waals surface area (Å²) in [5.74, 6) is 2.19. The first-order valence-corrected chi connectivity index (χ1v) is 7.18. The number of halogens is 1. The number of guanidine groups is 1. The Balaban J connectivity index is 0. The molecule has 0 fully saturated rings. The summed E-state index contributed by atoms with van der Waals surface area (Å²) >= 11 is 1.91. The number of hydrogen-bond acceptors (Lipinski definition) is 2. The molecule has 0 spiro atoms. The monoisotopic (exact) mass is 359 g/mol. The summed E-state index contributed by atoms with van der Waals surface area (Å²) in [6, 6.07) is 0. The lowest BCUT2D eigenvalue weighted by Gasteiger charge is -2.10. The summed E-state index contributed by atoms with van der Waals surface area (Å²) in [7, 11) is 1.82. The van der Waals surface area contributed by atoms with E-state index in [0.717, 1.165) is 19.0 Å². The van der Waals surface area contributed by atoms with Gasteiger partial charge in [-0.05, 0) is 31.3 Å². The van der Waals surface area contributed by atoms with Crippen molar-refractivity contribution in [1.29, 1.82) is 0 Å². The highest BCUT2D eigenvalue weighted by molar-refractivity contribution is 14.0. The normalized spacial score (nSPS) is 10.8. The van der Waals surface area contributed by atoms with Crippen LogP contribution in [0.1, 0.15) is 32.6 Å². The van der Waals surface area contributed by atoms with Crippen molar-refractivity contribution in [2.24, 2.45) is 4.99 Å². The van der Waals surface area contributed by atoms with Gasteiger partial charge in [0.25, 0.3) is 0 Å². The van der Waals surface area contributed by atoms with Gasteiger partial charge in [0.2, 0.25) is 0 Å². The number of unbranched alkanes of at least 4 members (excludes halogenated alkanes) is 2. The van der Waals surface area contributed by atoms with Gasteiger partial charge in [0, 0.05) is 20.1 Å². The molecule has 0 aromatic carbocycles. The Kier molecular flexibility index (Phi) is 17.9. The van der Waals surface area contributed by atoms with Crippen LogP contribution in [-0.4, -0.2) is 38.1 Å². The lowest BCUT2D eigenvalue weighted by Crippen LogP contribution is -2.38. The number of thioether (sulfide) groups is 1. The third-order valence-corrected chi connectivity index (χ3v) is 2.81. The van der Waals surface area contributed by atoms with Crippen molar-refractivity contribution in [1.82, 2.24) is 10.6 Å². The molecule has 0 aliphatic carbocycles. The number of nitrogens with zero attached hydrogens (tertiary/aromatic N) is 1. The van der Waals surface area contributed by atoms with Crippen LogP contribution in [0.25, 0.3) is 0 Å². The van der Waals surface area contributed by atoms with Gasteiger partial charge in [0.05, 0.1) is 0 Å². The average Bonchev–Trinajstić information content (AvgIpc) is 2.26. The average molecular weight is 359 g/mol. The van der Waals surface area contributed by atoms with Gasteiger partial charge in [-0.2, -0.15) is 11.8 Å². The lowest BCUT2D eigenvalue weighted by atomic mass is 10.3. The summed E-state index contributed by atoms with van der Waals surface area (Å²) in [5.41, 5.74) is 0. The van der Waals surface area contributed by atoms with Gasteiger partial charge in [-0.1, -0.05) is 13.3 Å². The van der Waals surface area contributed by atoms with Crippen molar-refractivity contribution in [3.8, 4) is 0 Å². The SMILES string of the molecule is CCCCNC(=NC)NCCCCSC.I. The Hall–Kier alpha value is 0.350. The molecule has 0 radical (unpaired) electrons. The van der Waals surface area contributed by atoms with E-state index >= 15 is 0 Å². The second-order valence-electron chi connectivity index (χ2n) is 3.48. The number of aliphatic imine (C=N–C) groups is 1. The molecule has 5 heteroatoms. The van der Waals surface area contributed by atoms with Crippen LogP contribution in [0.4, 0.5) is 0 Å². The van der Waals surface area contributed by atoms with Gasteiger partial charge in [-0.25, -0.2) is 0 Å². The summed E-state index contributed by atoms with van der Waals surface area (Å²) in [5, 5.41) is 6.61. The minimum Gasteiger partial charge on any atom is -0.356 e. The van der Waals surface area contributed by atoms with E-state index in [1.807, 2.05) is 18.8 Å². The highest BCUT2D eigenvalue weighted by Crippen LogP contribution is 1.97. The summed E-state index contributed by atoms with van der Waals surface area (Å²) in [6.45, 7) is 4.23. The second-order valence-corrected chi connectivity index (χ2v) is 4.46. The Labute approximate surface area is 122 Å². The Bertz CT molecular complexity index is 165. The van der Waals surface area contributed by atoms with Crippen molar-refractivity contribution in [3.63, 3.8) is 0 Å². The Morgan fingerprint density at radius 2 is 1.75 bits per heavy atom. The van der Waals surface area contributed by atoms with Gasteiger partial charge >= 0.3 is 0 Å². The van der Waals surface area contributed by atoms with Gasteiger partial charge in [0.15, 0.2) is 5.96 Å². The highest BCUT2D eigenvalue weighted by atomic mass is 127. The zero-order valence-electron chi connectivity index (χ0n) is 10.7. The molecular formula is C11H26IN3S. The minimum atomic E-state index is 0. The first kappa shape index (κ1) is 18.7. The second kappa shape index (κ2) is 15.4. The fourth-order valence-electron chi connectivity index (χ4n) is 1.18. The standard InChI is InChI=1S/C11H25N3S.HI/c1-4-5-8-13-11(12-2)14-9-6-7-10-15-3;/h4-10H2,1-3H3,(H2,12,13,14);1H. The highest BCUT2D eigenvalue weighted by Gasteiger charge is 1.95. The van der Waals surface area contributed by atoms with Crippen molar-refractivity contribution >= 4 is 41.7 Å². The van der Waals surface area contributed by atoms with E-state index in [1.165, 1.54) is 31.4 Å². The number of hydrogen-bond donors (Lipinski definition) is 2. The maximum absolute atomic E-state index is 4.17. The molecule has 0 rings (SSSR count). The molecule has 2 N–H and O–H groups in total. The molecule has 0 aromatic rings. The predicted octanol–water partition coefficient (Wildman–Crippen LogP) is 2.71. The first-order valence-electron chi connectivity index (χ1n) is 5.78. The topological polar surface area (TPSA) is 36.4 Å². The molecule has 16 heavy (non-hydrogen) atoms. The van der Waals surface area contributed by atoms with Crippen LogP contribution in [0.3, 0.4) is 0 Å². The molecule has 0 bridgehead atoms. The molecular weight excluding hydrogens is 333 g/mol. The van der Waals surface area contributed by atoms with E-state index in [1.54, 1.807) is 0 Å². The molecule has 98 valence electrons. The first-order chi connectivity index (χ1) is 7.35. The van der Waals surface area contributed by atoms with Crippen molar-refractivity contribution in [3.05, 3.63) is 0 Å². The van der Waals surface area contributed by atoms with Crippen molar-refractivity contribution in [2.75, 3.05) is 32.1 Å². The van der Waals surface area contributed by atoms with Gasteiger partial charge in [0.1, 0.15) is 0 Å². The zero-order valence-corrected chi connectivity index (χ0v) is 13.9. The van der Waals surface area contributed by atoms with Gasteiger partial charge in [-0.3, -0.25) is 4.99 Å². The molecule has 3 nitrogen and oxygen atoms in total. The summed E-state index contributed by atoms with van der Waals surface area (Å²) in [4.78, 5) is 4.17. The molecule has 0 aliphatic rings. The lowest BCUT2D eigenvalue weighted by molar-refractivity contribution is 0.706. The van der Waals surface area contributed by atoms with Crippen LogP contribution < -0.4 is 10.6 Å². The van der Waals surface area contributed by atoms with Crippen LogP contribution in [-0.2, 0) is 0 Å². The quantitative estimate of drug-likeness (QED) is 0.303. The minimum absolute atomic E-state index is 0. The van der Waals surface area contributed by atoms with Crippen LogP contribution in [0.2, 0.25) is 0 Å². The van der Waals surface area contributed by atoms with E-state index in [0.29, 0.717) is 0 Å². The molecule has 0 saturated heterocycles. The van der Waals surface area contributed by atoms with E-state index in [4.69, 9.17) is 0 Å². The van der Waals surface area contributed by atoms with Gasteiger partial charge < -0.3 is 10.6 Å². The van der Waals surface area contributed by atoms with E-state index in [-0.39, 0.29) is 24.0 Å². The predicted molar refractivity (Wildman–Crippen MR) is 87.3 cm³/mol.